The fourth-order valence-corrected chi connectivity index (χ4v) is 3.87. The number of benzene rings is 3. The first-order valence-electron chi connectivity index (χ1n) is 8.93. The van der Waals surface area contributed by atoms with Crippen LogP contribution < -0.4 is 14.8 Å². The van der Waals surface area contributed by atoms with Gasteiger partial charge in [0.2, 0.25) is 5.96 Å². The molecule has 0 amide bonds. The summed E-state index contributed by atoms with van der Waals surface area (Å²) in [6.45, 7) is 2.47. The highest BCUT2D eigenvalue weighted by molar-refractivity contribution is 7.98. The minimum atomic E-state index is 0.452. The molecular formula is C22H17ClN4OS. The average Bonchev–Trinajstić information content (AvgIpc) is 2.74. The number of nitrogens with zero attached hydrogens (tertiary/aromatic N) is 2. The molecule has 4 rings (SSSR count). The van der Waals surface area contributed by atoms with Gasteiger partial charge in [0, 0.05) is 0 Å². The molecule has 7 heteroatoms. The Hall–Kier alpha value is -3.14. The SMILES string of the molecule is Cc1cc(Oc2ccccc2Cl)c2c(c1)SNC(=NCc1cccc(C#N)c1)N2. The molecular weight excluding hydrogens is 404 g/mol. The van der Waals surface area contributed by atoms with Crippen molar-refractivity contribution in [3.05, 3.63) is 82.4 Å². The fraction of sp³-hybridized carbons (Fsp3) is 0.0909. The first-order valence-corrected chi connectivity index (χ1v) is 10.1. The zero-order valence-corrected chi connectivity index (χ0v) is 17.1. The summed E-state index contributed by atoms with van der Waals surface area (Å²) >= 11 is 7.73. The summed E-state index contributed by atoms with van der Waals surface area (Å²) in [6.07, 6.45) is 0. The van der Waals surface area contributed by atoms with Gasteiger partial charge in [0.1, 0.15) is 5.75 Å². The number of aryl methyl sites for hydroxylation is 1. The largest absolute Gasteiger partial charge is 0.454 e. The molecule has 0 unspecified atom stereocenters. The van der Waals surface area contributed by atoms with Gasteiger partial charge >= 0.3 is 0 Å². The molecule has 29 heavy (non-hydrogen) atoms. The molecule has 0 aliphatic carbocycles. The molecule has 0 aromatic heterocycles. The number of fused-ring (bicyclic) bond motifs is 1. The molecule has 144 valence electrons. The monoisotopic (exact) mass is 420 g/mol. The summed E-state index contributed by atoms with van der Waals surface area (Å²) in [5.74, 6) is 1.90. The number of ether oxygens (including phenoxy) is 1. The van der Waals surface area contributed by atoms with Crippen LogP contribution in [0.4, 0.5) is 5.69 Å². The number of hydrogen-bond acceptors (Lipinski definition) is 4. The summed E-state index contributed by atoms with van der Waals surface area (Å²) in [5, 5.41) is 12.9. The Morgan fingerprint density at radius 3 is 2.79 bits per heavy atom. The van der Waals surface area contributed by atoms with Crippen LogP contribution in [0, 0.1) is 18.3 Å². The Bertz CT molecular complexity index is 1140. The van der Waals surface area contributed by atoms with E-state index in [1.54, 1.807) is 12.1 Å². The van der Waals surface area contributed by atoms with E-state index >= 15 is 0 Å². The van der Waals surface area contributed by atoms with Gasteiger partial charge in [-0.05, 0) is 66.4 Å². The summed E-state index contributed by atoms with van der Waals surface area (Å²) in [5.41, 5.74) is 3.50. The molecule has 3 aromatic rings. The number of nitriles is 1. The molecule has 1 heterocycles. The molecule has 5 nitrogen and oxygen atoms in total. The van der Waals surface area contributed by atoms with E-state index in [0.717, 1.165) is 21.7 Å². The maximum Gasteiger partial charge on any atom is 0.206 e. The first kappa shape index (κ1) is 19.2. The fourth-order valence-electron chi connectivity index (χ4n) is 2.88. The van der Waals surface area contributed by atoms with E-state index in [1.165, 1.54) is 11.9 Å². The van der Waals surface area contributed by atoms with Crippen LogP contribution in [-0.2, 0) is 6.54 Å². The van der Waals surface area contributed by atoms with Gasteiger partial charge in [0.25, 0.3) is 0 Å². The van der Waals surface area contributed by atoms with E-state index < -0.39 is 0 Å². The minimum absolute atomic E-state index is 0.452. The van der Waals surface area contributed by atoms with E-state index in [4.69, 9.17) is 21.6 Å². The maximum atomic E-state index is 9.04. The van der Waals surface area contributed by atoms with Gasteiger partial charge in [-0.3, -0.25) is 4.72 Å². The van der Waals surface area contributed by atoms with Gasteiger partial charge in [-0.25, -0.2) is 4.99 Å². The van der Waals surface area contributed by atoms with Crippen LogP contribution in [0.5, 0.6) is 11.5 Å². The topological polar surface area (TPSA) is 69.4 Å². The Kier molecular flexibility index (Phi) is 5.61. The number of halogens is 1. The molecule has 0 saturated carbocycles. The lowest BCUT2D eigenvalue weighted by Gasteiger charge is -2.23. The summed E-state index contributed by atoms with van der Waals surface area (Å²) < 4.78 is 9.32. The Labute approximate surface area is 178 Å². The van der Waals surface area contributed by atoms with Crippen LogP contribution >= 0.6 is 23.5 Å². The van der Waals surface area contributed by atoms with Gasteiger partial charge in [0.05, 0.1) is 33.8 Å². The van der Waals surface area contributed by atoms with E-state index in [1.807, 2.05) is 49.4 Å². The first-order chi connectivity index (χ1) is 14.1. The van der Waals surface area contributed by atoms with Crippen LogP contribution in [-0.4, -0.2) is 5.96 Å². The number of nitrogens with one attached hydrogen (secondary N) is 2. The quantitative estimate of drug-likeness (QED) is 0.515. The third-order valence-electron chi connectivity index (χ3n) is 4.24. The van der Waals surface area contributed by atoms with Crippen LogP contribution in [0.15, 0.2) is 70.6 Å². The molecule has 3 aromatic carbocycles. The normalized spacial score (nSPS) is 13.8. The summed E-state index contributed by atoms with van der Waals surface area (Å²) in [4.78, 5) is 5.61. The number of aliphatic imine (C=N–C) groups is 1. The van der Waals surface area contributed by atoms with Gasteiger partial charge < -0.3 is 10.1 Å². The van der Waals surface area contributed by atoms with Crippen LogP contribution in [0.1, 0.15) is 16.7 Å². The number of anilines is 1. The predicted molar refractivity (Wildman–Crippen MR) is 118 cm³/mol. The van der Waals surface area contributed by atoms with E-state index in [2.05, 4.69) is 27.2 Å². The summed E-state index contributed by atoms with van der Waals surface area (Å²) in [7, 11) is 0. The lowest BCUT2D eigenvalue weighted by Crippen LogP contribution is -2.29. The van der Waals surface area contributed by atoms with Gasteiger partial charge in [-0.15, -0.1) is 0 Å². The van der Waals surface area contributed by atoms with Crippen molar-refractivity contribution in [2.24, 2.45) is 4.99 Å². The van der Waals surface area contributed by atoms with Gasteiger partial charge in [0.15, 0.2) is 5.75 Å². The lowest BCUT2D eigenvalue weighted by molar-refractivity contribution is 0.483. The van der Waals surface area contributed by atoms with Crippen molar-refractivity contribution in [3.8, 4) is 17.6 Å². The number of rotatable bonds is 4. The second-order valence-electron chi connectivity index (χ2n) is 6.47. The van der Waals surface area contributed by atoms with E-state index in [0.29, 0.717) is 34.6 Å². The molecule has 0 bridgehead atoms. The molecule has 0 atom stereocenters. The van der Waals surface area contributed by atoms with Crippen LogP contribution in [0.25, 0.3) is 0 Å². The van der Waals surface area contributed by atoms with E-state index in [9.17, 15) is 0 Å². The van der Waals surface area contributed by atoms with Crippen molar-refractivity contribution < 1.29 is 4.74 Å². The number of para-hydroxylation sites is 1. The third-order valence-corrected chi connectivity index (χ3v) is 5.39. The molecule has 1 aliphatic rings. The molecule has 0 spiro atoms. The average molecular weight is 421 g/mol. The Morgan fingerprint density at radius 1 is 1.10 bits per heavy atom. The van der Waals surface area contributed by atoms with Crippen molar-refractivity contribution in [3.63, 3.8) is 0 Å². The molecule has 0 fully saturated rings. The zero-order chi connectivity index (χ0) is 20.2. The smallest absolute Gasteiger partial charge is 0.206 e. The molecule has 2 N–H and O–H groups in total. The van der Waals surface area contributed by atoms with E-state index in [-0.39, 0.29) is 0 Å². The highest BCUT2D eigenvalue weighted by Crippen LogP contribution is 2.41. The standard InChI is InChI=1S/C22H17ClN4OS/c1-14-9-19(28-18-8-3-2-7-17(18)23)21-20(10-14)29-27-22(26-21)25-13-16-6-4-5-15(11-16)12-24/h2-11H,13H2,1H3,(H2,25,26,27). The van der Waals surface area contributed by atoms with Crippen molar-refractivity contribution in [1.29, 1.82) is 5.26 Å². The Morgan fingerprint density at radius 2 is 1.97 bits per heavy atom. The number of hydrogen-bond donors (Lipinski definition) is 2. The third kappa shape index (κ3) is 4.48. The second kappa shape index (κ2) is 8.48. The van der Waals surface area contributed by atoms with Crippen molar-refractivity contribution in [1.82, 2.24) is 4.72 Å². The highest BCUT2D eigenvalue weighted by Gasteiger charge is 2.20. The van der Waals surface area contributed by atoms with Gasteiger partial charge in [-0.1, -0.05) is 35.9 Å². The van der Waals surface area contributed by atoms with Crippen LogP contribution in [0.3, 0.4) is 0 Å². The van der Waals surface area contributed by atoms with Crippen LogP contribution in [0.2, 0.25) is 5.02 Å². The second-order valence-corrected chi connectivity index (χ2v) is 7.73. The Balaban J connectivity index is 1.59. The van der Waals surface area contributed by atoms with Gasteiger partial charge in [-0.2, -0.15) is 5.26 Å². The predicted octanol–water partition coefficient (Wildman–Crippen LogP) is 5.89. The van der Waals surface area contributed by atoms with Crippen molar-refractivity contribution >= 4 is 35.2 Å². The highest BCUT2D eigenvalue weighted by atomic mass is 35.5. The lowest BCUT2D eigenvalue weighted by atomic mass is 10.1. The minimum Gasteiger partial charge on any atom is -0.454 e. The zero-order valence-electron chi connectivity index (χ0n) is 15.6. The number of guanidine groups is 1. The van der Waals surface area contributed by atoms with Crippen molar-refractivity contribution in [2.45, 2.75) is 18.4 Å². The molecule has 0 radical (unpaired) electrons. The van der Waals surface area contributed by atoms with Crippen molar-refractivity contribution in [2.75, 3.05) is 5.32 Å². The summed E-state index contributed by atoms with van der Waals surface area (Å²) in [6, 6.07) is 21.0. The molecule has 1 aliphatic heterocycles. The molecule has 0 saturated heterocycles. The maximum absolute atomic E-state index is 9.04.